The third-order valence-corrected chi connectivity index (χ3v) is 6.30. The maximum Gasteiger partial charge on any atom is 0.416 e. The minimum absolute atomic E-state index is 0.175. The minimum Gasteiger partial charge on any atom is -0.480 e. The fourth-order valence-corrected chi connectivity index (χ4v) is 4.13. The monoisotopic (exact) mass is 492 g/mol. The van der Waals surface area contributed by atoms with E-state index >= 15 is 0 Å². The van der Waals surface area contributed by atoms with Crippen LogP contribution in [0.15, 0.2) is 77.7 Å². The van der Waals surface area contributed by atoms with Gasteiger partial charge in [-0.3, -0.25) is 9.52 Å². The molecule has 0 saturated heterocycles. The lowest BCUT2D eigenvalue weighted by molar-refractivity contribution is -0.137. The molecule has 0 radical (unpaired) electrons. The summed E-state index contributed by atoms with van der Waals surface area (Å²) in [7, 11) is -4.14. The number of halogens is 3. The van der Waals surface area contributed by atoms with Crippen LogP contribution in [0.25, 0.3) is 0 Å². The molecule has 0 spiro atoms. The molecule has 0 saturated carbocycles. The number of carbonyl (C=O) groups is 1. The van der Waals surface area contributed by atoms with E-state index in [1.54, 1.807) is 19.1 Å². The molecular formula is C24H23F3N2O4S. The maximum absolute atomic E-state index is 12.9. The normalized spacial score (nSPS) is 12.6. The van der Waals surface area contributed by atoms with Crippen molar-refractivity contribution in [2.24, 2.45) is 0 Å². The molecule has 0 aliphatic carbocycles. The summed E-state index contributed by atoms with van der Waals surface area (Å²) in [5, 5.41) is 2.68. The summed E-state index contributed by atoms with van der Waals surface area (Å²) in [6, 6.07) is 16.5. The molecule has 1 amide bonds. The van der Waals surface area contributed by atoms with Crippen molar-refractivity contribution in [3.05, 3.63) is 83.9 Å². The fourth-order valence-electron chi connectivity index (χ4n) is 3.08. The second-order valence-electron chi connectivity index (χ2n) is 7.48. The molecular weight excluding hydrogens is 469 g/mol. The third-order valence-electron chi connectivity index (χ3n) is 4.90. The lowest BCUT2D eigenvalue weighted by Gasteiger charge is -2.18. The molecule has 0 aliphatic rings. The summed E-state index contributed by atoms with van der Waals surface area (Å²) in [6.07, 6.45) is -4.94. The van der Waals surface area contributed by atoms with Gasteiger partial charge in [0.15, 0.2) is 6.10 Å². The fraction of sp³-hybridized carbons (Fsp3) is 0.208. The number of amides is 1. The number of ether oxygens (including phenoxy) is 1. The summed E-state index contributed by atoms with van der Waals surface area (Å²) >= 11 is 0. The van der Waals surface area contributed by atoms with Gasteiger partial charge in [-0.05, 0) is 67.4 Å². The van der Waals surface area contributed by atoms with Crippen molar-refractivity contribution in [2.45, 2.75) is 37.4 Å². The van der Waals surface area contributed by atoms with Gasteiger partial charge < -0.3 is 10.1 Å². The van der Waals surface area contributed by atoms with E-state index in [0.717, 1.165) is 17.7 Å². The SMILES string of the molecule is CC[C@@H](Oc1ccccc1C)C(=O)Nc1ccc(S(=O)(=O)Nc2cccc(C(F)(F)F)c2)cc1. The molecule has 34 heavy (non-hydrogen) atoms. The Morgan fingerprint density at radius 3 is 2.26 bits per heavy atom. The summed E-state index contributed by atoms with van der Waals surface area (Å²) in [6.45, 7) is 3.67. The van der Waals surface area contributed by atoms with Crippen LogP contribution >= 0.6 is 0 Å². The van der Waals surface area contributed by atoms with Gasteiger partial charge in [-0.2, -0.15) is 13.2 Å². The number of aryl methyl sites for hydroxylation is 1. The first-order valence-electron chi connectivity index (χ1n) is 10.3. The van der Waals surface area contributed by atoms with Gasteiger partial charge in [0.2, 0.25) is 0 Å². The average molecular weight is 493 g/mol. The van der Waals surface area contributed by atoms with Crippen LogP contribution in [0.2, 0.25) is 0 Å². The molecule has 0 heterocycles. The van der Waals surface area contributed by atoms with Gasteiger partial charge in [0.05, 0.1) is 10.5 Å². The average Bonchev–Trinajstić information content (AvgIpc) is 2.78. The largest absolute Gasteiger partial charge is 0.480 e. The second-order valence-corrected chi connectivity index (χ2v) is 9.16. The van der Waals surface area contributed by atoms with Crippen molar-refractivity contribution < 1.29 is 31.1 Å². The Hall–Kier alpha value is -3.53. The predicted molar refractivity (Wildman–Crippen MR) is 123 cm³/mol. The topological polar surface area (TPSA) is 84.5 Å². The number of rotatable bonds is 8. The first-order valence-corrected chi connectivity index (χ1v) is 11.8. The number of carbonyl (C=O) groups excluding carboxylic acids is 1. The number of sulfonamides is 1. The Kier molecular flexibility index (Phi) is 7.51. The molecule has 180 valence electrons. The van der Waals surface area contributed by atoms with E-state index < -0.39 is 33.8 Å². The van der Waals surface area contributed by atoms with Gasteiger partial charge in [-0.15, -0.1) is 0 Å². The van der Waals surface area contributed by atoms with Crippen LogP contribution in [-0.2, 0) is 21.0 Å². The van der Waals surface area contributed by atoms with E-state index in [1.165, 1.54) is 30.3 Å². The van der Waals surface area contributed by atoms with Crippen molar-refractivity contribution >= 4 is 27.3 Å². The number of nitrogens with one attached hydrogen (secondary N) is 2. The van der Waals surface area contributed by atoms with E-state index in [9.17, 15) is 26.4 Å². The Labute approximate surface area is 195 Å². The van der Waals surface area contributed by atoms with Gasteiger partial charge in [-0.25, -0.2) is 8.42 Å². The second kappa shape index (κ2) is 10.2. The zero-order chi connectivity index (χ0) is 24.9. The quantitative estimate of drug-likeness (QED) is 0.428. The zero-order valence-electron chi connectivity index (χ0n) is 18.4. The van der Waals surface area contributed by atoms with Crippen molar-refractivity contribution in [2.75, 3.05) is 10.0 Å². The number of hydrogen-bond acceptors (Lipinski definition) is 4. The number of para-hydroxylation sites is 1. The smallest absolute Gasteiger partial charge is 0.416 e. The van der Waals surface area contributed by atoms with Crippen LogP contribution in [0.5, 0.6) is 5.75 Å². The summed E-state index contributed by atoms with van der Waals surface area (Å²) < 4.78 is 71.7. The number of hydrogen-bond donors (Lipinski definition) is 2. The molecule has 0 bridgehead atoms. The van der Waals surface area contributed by atoms with Gasteiger partial charge in [-0.1, -0.05) is 31.2 Å². The molecule has 0 aliphatic heterocycles. The highest BCUT2D eigenvalue weighted by molar-refractivity contribution is 7.92. The van der Waals surface area contributed by atoms with Crippen LogP contribution < -0.4 is 14.8 Å². The summed E-state index contributed by atoms with van der Waals surface area (Å²) in [5.41, 5.74) is 0.0435. The van der Waals surface area contributed by atoms with Crippen molar-refractivity contribution in [3.8, 4) is 5.75 Å². The third kappa shape index (κ3) is 6.28. The molecule has 10 heteroatoms. The van der Waals surface area contributed by atoms with Crippen molar-refractivity contribution in [1.82, 2.24) is 0 Å². The number of benzene rings is 3. The Bertz CT molecular complexity index is 1260. The molecule has 3 aromatic rings. The highest BCUT2D eigenvalue weighted by Crippen LogP contribution is 2.31. The lowest BCUT2D eigenvalue weighted by atomic mass is 10.2. The van der Waals surface area contributed by atoms with Gasteiger partial charge >= 0.3 is 6.18 Å². The van der Waals surface area contributed by atoms with Crippen LogP contribution in [-0.4, -0.2) is 20.4 Å². The number of anilines is 2. The Morgan fingerprint density at radius 1 is 0.971 bits per heavy atom. The van der Waals surface area contributed by atoms with Crippen LogP contribution in [0.4, 0.5) is 24.5 Å². The molecule has 0 unspecified atom stereocenters. The van der Waals surface area contributed by atoms with Crippen molar-refractivity contribution in [3.63, 3.8) is 0 Å². The first kappa shape index (κ1) is 25.1. The molecule has 2 N–H and O–H groups in total. The maximum atomic E-state index is 12.9. The van der Waals surface area contributed by atoms with Crippen LogP contribution in [0, 0.1) is 6.92 Å². The standard InChI is InChI=1S/C24H23F3N2O4S/c1-3-21(33-22-10-5-4-7-16(22)2)23(30)28-18-11-13-20(14-12-18)34(31,32)29-19-9-6-8-17(15-19)24(25,26)27/h4-15,21,29H,3H2,1-2H3,(H,28,30)/t21-/m1/s1. The highest BCUT2D eigenvalue weighted by Gasteiger charge is 2.30. The molecule has 0 aromatic heterocycles. The molecule has 6 nitrogen and oxygen atoms in total. The van der Waals surface area contributed by atoms with Gasteiger partial charge in [0.1, 0.15) is 5.75 Å². The molecule has 1 atom stereocenters. The van der Waals surface area contributed by atoms with E-state index in [1.807, 2.05) is 19.1 Å². The van der Waals surface area contributed by atoms with E-state index in [0.29, 0.717) is 23.9 Å². The van der Waals surface area contributed by atoms with Crippen LogP contribution in [0.1, 0.15) is 24.5 Å². The Morgan fingerprint density at radius 2 is 1.65 bits per heavy atom. The zero-order valence-corrected chi connectivity index (χ0v) is 19.2. The summed E-state index contributed by atoms with van der Waals surface area (Å²) in [4.78, 5) is 12.5. The Balaban J connectivity index is 1.69. The van der Waals surface area contributed by atoms with E-state index in [-0.39, 0.29) is 10.6 Å². The number of alkyl halides is 3. The first-order chi connectivity index (χ1) is 16.0. The molecule has 3 rings (SSSR count). The van der Waals surface area contributed by atoms with E-state index in [4.69, 9.17) is 4.74 Å². The summed E-state index contributed by atoms with van der Waals surface area (Å²) in [5.74, 6) is 0.190. The lowest BCUT2D eigenvalue weighted by Crippen LogP contribution is -2.32. The highest BCUT2D eigenvalue weighted by atomic mass is 32.2. The predicted octanol–water partition coefficient (Wildman–Crippen LogP) is 5.61. The van der Waals surface area contributed by atoms with Gasteiger partial charge in [0, 0.05) is 11.4 Å². The molecule has 3 aromatic carbocycles. The van der Waals surface area contributed by atoms with Crippen molar-refractivity contribution in [1.29, 1.82) is 0 Å². The van der Waals surface area contributed by atoms with E-state index in [2.05, 4.69) is 10.0 Å². The van der Waals surface area contributed by atoms with Gasteiger partial charge in [0.25, 0.3) is 15.9 Å². The molecule has 0 fully saturated rings. The van der Waals surface area contributed by atoms with Crippen LogP contribution in [0.3, 0.4) is 0 Å². The minimum atomic E-state index is -4.60.